The number of esters is 1. The summed E-state index contributed by atoms with van der Waals surface area (Å²) >= 11 is 0. The maximum Gasteiger partial charge on any atom is 0.310 e. The van der Waals surface area contributed by atoms with Gasteiger partial charge in [-0.15, -0.1) is 0 Å². The number of ether oxygens (including phenoxy) is 1. The van der Waals surface area contributed by atoms with Gasteiger partial charge in [-0.25, -0.2) is 0 Å². The first-order valence-electron chi connectivity index (χ1n) is 7.51. The van der Waals surface area contributed by atoms with E-state index in [4.69, 9.17) is 4.74 Å². The molecule has 0 aromatic heterocycles. The fourth-order valence-electron chi connectivity index (χ4n) is 2.16. The molecule has 118 valence electrons. The molecule has 0 N–H and O–H groups in total. The zero-order valence-electron chi connectivity index (χ0n) is 13.6. The van der Waals surface area contributed by atoms with Gasteiger partial charge in [0.15, 0.2) is 0 Å². The van der Waals surface area contributed by atoms with Gasteiger partial charge in [-0.2, -0.15) is 0 Å². The molecule has 1 atom stereocenters. The molecule has 5 heteroatoms. The molecule has 0 aromatic rings. The highest BCUT2D eigenvalue weighted by atomic mass is 16.5. The summed E-state index contributed by atoms with van der Waals surface area (Å²) in [6, 6.07) is 0. The third-order valence-corrected chi connectivity index (χ3v) is 3.59. The summed E-state index contributed by atoms with van der Waals surface area (Å²) in [7, 11) is 1.38. The predicted molar refractivity (Wildman–Crippen MR) is 80.5 cm³/mol. The second-order valence-corrected chi connectivity index (χ2v) is 5.12. The second-order valence-electron chi connectivity index (χ2n) is 5.12. The number of hydrogen-bond acceptors (Lipinski definition) is 4. The highest BCUT2D eigenvalue weighted by Crippen LogP contribution is 2.05. The van der Waals surface area contributed by atoms with Crippen LogP contribution < -0.4 is 0 Å². The maximum absolute atomic E-state index is 11.6. The number of unbranched alkanes of at least 4 members (excludes halogenated alkanes) is 1. The van der Waals surface area contributed by atoms with Crippen LogP contribution in [0.1, 0.15) is 40.5 Å². The van der Waals surface area contributed by atoms with E-state index in [9.17, 15) is 9.59 Å². The summed E-state index contributed by atoms with van der Waals surface area (Å²) < 4.78 is 4.70. The minimum atomic E-state index is -0.272. The van der Waals surface area contributed by atoms with Crippen molar-refractivity contribution in [2.75, 3.05) is 39.8 Å². The fraction of sp³-hybridized carbons (Fsp3) is 0.867. The summed E-state index contributed by atoms with van der Waals surface area (Å²) in [6.07, 6.45) is 2.03. The first-order chi connectivity index (χ1) is 9.46. The molecule has 0 bridgehead atoms. The summed E-state index contributed by atoms with van der Waals surface area (Å²) in [5.74, 6) is -0.519. The summed E-state index contributed by atoms with van der Waals surface area (Å²) in [5, 5.41) is 0. The number of nitrogens with zero attached hydrogens (tertiary/aromatic N) is 2. The van der Waals surface area contributed by atoms with E-state index in [1.54, 1.807) is 18.7 Å². The average Bonchev–Trinajstić information content (AvgIpc) is 2.44. The molecule has 0 radical (unpaired) electrons. The van der Waals surface area contributed by atoms with E-state index >= 15 is 0 Å². The van der Waals surface area contributed by atoms with Gasteiger partial charge >= 0.3 is 5.97 Å². The van der Waals surface area contributed by atoms with Crippen molar-refractivity contribution in [3.63, 3.8) is 0 Å². The highest BCUT2D eigenvalue weighted by molar-refractivity contribution is 5.76. The van der Waals surface area contributed by atoms with Crippen molar-refractivity contribution in [1.29, 1.82) is 0 Å². The van der Waals surface area contributed by atoms with Gasteiger partial charge in [-0.3, -0.25) is 9.59 Å². The van der Waals surface area contributed by atoms with Crippen LogP contribution >= 0.6 is 0 Å². The van der Waals surface area contributed by atoms with Gasteiger partial charge in [0.1, 0.15) is 0 Å². The van der Waals surface area contributed by atoms with Gasteiger partial charge in [0, 0.05) is 20.0 Å². The standard InChI is InChI=1S/C15H30N2O3/c1-6-16(7-2)10-8-9-11-17(14(4)18)12-13(3)15(19)20-5/h13H,6-12H2,1-5H3. The molecule has 0 saturated carbocycles. The molecule has 0 aliphatic carbocycles. The number of rotatable bonds is 10. The van der Waals surface area contributed by atoms with E-state index in [0.29, 0.717) is 13.1 Å². The Hall–Kier alpha value is -1.10. The van der Waals surface area contributed by atoms with Gasteiger partial charge in [0.25, 0.3) is 0 Å². The van der Waals surface area contributed by atoms with E-state index in [2.05, 4.69) is 18.7 Å². The van der Waals surface area contributed by atoms with Crippen LogP contribution in [0, 0.1) is 5.92 Å². The van der Waals surface area contributed by atoms with E-state index in [1.807, 2.05) is 0 Å². The van der Waals surface area contributed by atoms with Gasteiger partial charge in [-0.05, 0) is 32.5 Å². The molecule has 0 heterocycles. The lowest BCUT2D eigenvalue weighted by atomic mass is 10.1. The van der Waals surface area contributed by atoms with Crippen molar-refractivity contribution < 1.29 is 14.3 Å². The van der Waals surface area contributed by atoms with Gasteiger partial charge < -0.3 is 14.5 Å². The van der Waals surface area contributed by atoms with Crippen molar-refractivity contribution in [1.82, 2.24) is 9.80 Å². The SMILES string of the molecule is CCN(CC)CCCCN(CC(C)C(=O)OC)C(C)=O. The van der Waals surface area contributed by atoms with E-state index < -0.39 is 0 Å². The predicted octanol–water partition coefficient (Wildman–Crippen LogP) is 1.77. The van der Waals surface area contributed by atoms with Crippen LogP contribution in [0.2, 0.25) is 0 Å². The van der Waals surface area contributed by atoms with Crippen molar-refractivity contribution >= 4 is 11.9 Å². The number of methoxy groups -OCH3 is 1. The topological polar surface area (TPSA) is 49.9 Å². The van der Waals surface area contributed by atoms with Crippen molar-refractivity contribution in [2.24, 2.45) is 5.92 Å². The Morgan fingerprint density at radius 3 is 2.10 bits per heavy atom. The van der Waals surface area contributed by atoms with Crippen LogP contribution in [0.5, 0.6) is 0 Å². The van der Waals surface area contributed by atoms with E-state index in [1.165, 1.54) is 7.11 Å². The van der Waals surface area contributed by atoms with Crippen LogP contribution in [0.25, 0.3) is 0 Å². The Morgan fingerprint density at radius 1 is 1.10 bits per heavy atom. The zero-order valence-corrected chi connectivity index (χ0v) is 13.6. The third kappa shape index (κ3) is 7.48. The Balaban J connectivity index is 4.10. The van der Waals surface area contributed by atoms with E-state index in [0.717, 1.165) is 32.5 Å². The second kappa shape index (κ2) is 10.7. The lowest BCUT2D eigenvalue weighted by molar-refractivity contribution is -0.146. The third-order valence-electron chi connectivity index (χ3n) is 3.59. The summed E-state index contributed by atoms with van der Waals surface area (Å²) in [4.78, 5) is 27.1. The van der Waals surface area contributed by atoms with Crippen LogP contribution in [0.3, 0.4) is 0 Å². The van der Waals surface area contributed by atoms with Crippen LogP contribution in [-0.2, 0) is 14.3 Å². The smallest absolute Gasteiger partial charge is 0.310 e. The minimum absolute atomic E-state index is 0.0172. The molecular formula is C15H30N2O3. The van der Waals surface area contributed by atoms with E-state index in [-0.39, 0.29) is 17.8 Å². The Morgan fingerprint density at radius 2 is 1.65 bits per heavy atom. The molecule has 0 fully saturated rings. The largest absolute Gasteiger partial charge is 0.469 e. The minimum Gasteiger partial charge on any atom is -0.469 e. The first kappa shape index (κ1) is 18.9. The zero-order chi connectivity index (χ0) is 15.5. The molecule has 1 unspecified atom stereocenters. The summed E-state index contributed by atoms with van der Waals surface area (Å²) in [6.45, 7) is 12.0. The molecular weight excluding hydrogens is 256 g/mol. The van der Waals surface area contributed by atoms with Crippen molar-refractivity contribution in [2.45, 2.75) is 40.5 Å². The molecule has 0 rings (SSSR count). The molecule has 1 amide bonds. The lowest BCUT2D eigenvalue weighted by Gasteiger charge is -2.24. The molecule has 0 saturated heterocycles. The Bertz CT molecular complexity index is 291. The molecule has 0 aliphatic rings. The number of hydrogen-bond donors (Lipinski definition) is 0. The molecule has 0 spiro atoms. The number of amides is 1. The van der Waals surface area contributed by atoms with Gasteiger partial charge in [0.05, 0.1) is 13.0 Å². The number of carbonyl (C=O) groups excluding carboxylic acids is 2. The highest BCUT2D eigenvalue weighted by Gasteiger charge is 2.19. The van der Waals surface area contributed by atoms with Crippen LogP contribution in [0.4, 0.5) is 0 Å². The molecule has 20 heavy (non-hydrogen) atoms. The summed E-state index contributed by atoms with van der Waals surface area (Å²) in [5.41, 5.74) is 0. The Kier molecular flexibility index (Phi) is 10.1. The maximum atomic E-state index is 11.6. The van der Waals surface area contributed by atoms with Crippen molar-refractivity contribution in [3.8, 4) is 0 Å². The lowest BCUT2D eigenvalue weighted by Crippen LogP contribution is -2.36. The molecule has 0 aromatic carbocycles. The fourth-order valence-corrected chi connectivity index (χ4v) is 2.16. The first-order valence-corrected chi connectivity index (χ1v) is 7.51. The number of carbonyl (C=O) groups is 2. The molecule has 0 aliphatic heterocycles. The van der Waals surface area contributed by atoms with Gasteiger partial charge in [-0.1, -0.05) is 20.8 Å². The van der Waals surface area contributed by atoms with Crippen LogP contribution in [0.15, 0.2) is 0 Å². The normalized spacial score (nSPS) is 12.3. The average molecular weight is 286 g/mol. The van der Waals surface area contributed by atoms with Gasteiger partial charge in [0.2, 0.25) is 5.91 Å². The van der Waals surface area contributed by atoms with Crippen molar-refractivity contribution in [3.05, 3.63) is 0 Å². The molecule has 5 nitrogen and oxygen atoms in total. The quantitative estimate of drug-likeness (QED) is 0.453. The Labute approximate surface area is 123 Å². The monoisotopic (exact) mass is 286 g/mol. The van der Waals surface area contributed by atoms with Crippen LogP contribution in [-0.4, -0.2) is 61.5 Å².